The maximum atomic E-state index is 12.6. The molecule has 3 aliphatic heterocycles. The summed E-state index contributed by atoms with van der Waals surface area (Å²) in [7, 11) is 3.77. The number of amides is 1. The number of methoxy groups -OCH3 is 1. The lowest BCUT2D eigenvalue weighted by atomic mass is 9.74. The van der Waals surface area contributed by atoms with E-state index in [1.807, 2.05) is 18.2 Å². The molecule has 1 aliphatic carbocycles. The molecule has 4 aliphatic rings. The minimum Gasteiger partial charge on any atom is -0.496 e. The summed E-state index contributed by atoms with van der Waals surface area (Å²) in [6.07, 6.45) is 8.23. The monoisotopic (exact) mass is 436 g/mol. The molecule has 1 aromatic heterocycles. The van der Waals surface area contributed by atoms with Gasteiger partial charge in [0.1, 0.15) is 5.75 Å². The molecule has 4 fully saturated rings. The molecule has 2 bridgehead atoms. The number of para-hydroxylation sites is 1. The smallest absolute Gasteiger partial charge is 0.223 e. The Hall–Kier alpha value is -2.34. The SMILES string of the molecule is COc1ccccc1-c1cc(C2CN3CCC2CC3CNC(=O)C2CCCCC2)n(C)n1. The van der Waals surface area contributed by atoms with Crippen molar-refractivity contribution in [1.29, 1.82) is 0 Å². The van der Waals surface area contributed by atoms with Gasteiger partial charge in [-0.25, -0.2) is 0 Å². The van der Waals surface area contributed by atoms with E-state index in [0.717, 1.165) is 55.9 Å². The second kappa shape index (κ2) is 9.26. The van der Waals surface area contributed by atoms with Crippen molar-refractivity contribution in [1.82, 2.24) is 20.0 Å². The number of fused-ring (bicyclic) bond motifs is 3. The summed E-state index contributed by atoms with van der Waals surface area (Å²) < 4.78 is 7.62. The van der Waals surface area contributed by atoms with Gasteiger partial charge in [0.15, 0.2) is 0 Å². The Morgan fingerprint density at radius 1 is 1.19 bits per heavy atom. The number of nitrogens with zero attached hydrogens (tertiary/aromatic N) is 3. The minimum absolute atomic E-state index is 0.245. The van der Waals surface area contributed by atoms with E-state index < -0.39 is 0 Å². The first kappa shape index (κ1) is 21.5. The lowest BCUT2D eigenvalue weighted by Crippen LogP contribution is -2.56. The van der Waals surface area contributed by atoms with Crippen molar-refractivity contribution < 1.29 is 9.53 Å². The van der Waals surface area contributed by atoms with Gasteiger partial charge in [-0.2, -0.15) is 5.10 Å². The molecule has 4 unspecified atom stereocenters. The van der Waals surface area contributed by atoms with Gasteiger partial charge in [-0.3, -0.25) is 14.4 Å². The number of ether oxygens (including phenoxy) is 1. The van der Waals surface area contributed by atoms with E-state index in [1.165, 1.54) is 31.4 Å². The summed E-state index contributed by atoms with van der Waals surface area (Å²) in [5.41, 5.74) is 3.33. The van der Waals surface area contributed by atoms with Crippen LogP contribution in [0.1, 0.15) is 56.6 Å². The number of piperidine rings is 3. The molecule has 1 N–H and O–H groups in total. The molecule has 1 saturated carbocycles. The molecule has 172 valence electrons. The Balaban J connectivity index is 1.25. The van der Waals surface area contributed by atoms with Crippen molar-refractivity contribution in [2.75, 3.05) is 26.7 Å². The summed E-state index contributed by atoms with van der Waals surface area (Å²) in [6, 6.07) is 10.8. The summed E-state index contributed by atoms with van der Waals surface area (Å²) in [6.45, 7) is 3.00. The zero-order valence-corrected chi connectivity index (χ0v) is 19.4. The number of benzene rings is 1. The van der Waals surface area contributed by atoms with Crippen molar-refractivity contribution >= 4 is 5.91 Å². The zero-order chi connectivity index (χ0) is 22.1. The van der Waals surface area contributed by atoms with Gasteiger partial charge in [-0.05, 0) is 56.3 Å². The molecule has 1 aromatic carbocycles. The van der Waals surface area contributed by atoms with Crippen LogP contribution in [0.3, 0.4) is 0 Å². The second-order valence-corrected chi connectivity index (χ2v) is 9.90. The van der Waals surface area contributed by atoms with Crippen LogP contribution in [0.4, 0.5) is 0 Å². The van der Waals surface area contributed by atoms with E-state index in [4.69, 9.17) is 9.84 Å². The molecule has 0 spiro atoms. The highest BCUT2D eigenvalue weighted by Crippen LogP contribution is 2.43. The summed E-state index contributed by atoms with van der Waals surface area (Å²) in [5.74, 6) is 2.54. The van der Waals surface area contributed by atoms with E-state index in [0.29, 0.717) is 17.9 Å². The molecule has 6 rings (SSSR count). The lowest BCUT2D eigenvalue weighted by Gasteiger charge is -2.50. The van der Waals surface area contributed by atoms with E-state index in [1.54, 1.807) is 7.11 Å². The predicted octanol–water partition coefficient (Wildman–Crippen LogP) is 3.97. The first-order valence-electron chi connectivity index (χ1n) is 12.3. The average molecular weight is 437 g/mol. The first-order valence-corrected chi connectivity index (χ1v) is 12.3. The van der Waals surface area contributed by atoms with E-state index in [-0.39, 0.29) is 11.8 Å². The van der Waals surface area contributed by atoms with Crippen molar-refractivity contribution in [3.8, 4) is 17.0 Å². The summed E-state index contributed by atoms with van der Waals surface area (Å²) >= 11 is 0. The molecule has 3 saturated heterocycles. The zero-order valence-electron chi connectivity index (χ0n) is 19.4. The van der Waals surface area contributed by atoms with Gasteiger partial charge in [0.25, 0.3) is 0 Å². The largest absolute Gasteiger partial charge is 0.496 e. The molecular weight excluding hydrogens is 400 g/mol. The van der Waals surface area contributed by atoms with Gasteiger partial charge in [0.2, 0.25) is 5.91 Å². The van der Waals surface area contributed by atoms with Gasteiger partial charge < -0.3 is 10.1 Å². The quantitative estimate of drug-likeness (QED) is 0.744. The molecule has 4 atom stereocenters. The van der Waals surface area contributed by atoms with Gasteiger partial charge in [0, 0.05) is 49.3 Å². The Kier molecular flexibility index (Phi) is 6.22. The first-order chi connectivity index (χ1) is 15.6. The Labute approximate surface area is 191 Å². The Morgan fingerprint density at radius 2 is 2.00 bits per heavy atom. The third kappa shape index (κ3) is 4.17. The highest BCUT2D eigenvalue weighted by atomic mass is 16.5. The number of carbonyl (C=O) groups is 1. The number of aromatic nitrogens is 2. The number of nitrogens with one attached hydrogen (secondary N) is 1. The van der Waals surface area contributed by atoms with Gasteiger partial charge in [0.05, 0.1) is 12.8 Å². The van der Waals surface area contributed by atoms with E-state index in [2.05, 4.69) is 34.1 Å². The van der Waals surface area contributed by atoms with Crippen LogP contribution in [0.25, 0.3) is 11.3 Å². The lowest BCUT2D eigenvalue weighted by molar-refractivity contribution is -0.126. The van der Waals surface area contributed by atoms with E-state index >= 15 is 0 Å². The third-order valence-corrected chi connectivity index (χ3v) is 8.05. The average Bonchev–Trinajstić information content (AvgIpc) is 3.24. The van der Waals surface area contributed by atoms with Crippen LogP contribution in [0, 0.1) is 11.8 Å². The Morgan fingerprint density at radius 3 is 2.75 bits per heavy atom. The summed E-state index contributed by atoms with van der Waals surface area (Å²) in [5, 5.41) is 8.14. The fourth-order valence-corrected chi connectivity index (χ4v) is 6.23. The van der Waals surface area contributed by atoms with Gasteiger partial charge in [-0.15, -0.1) is 0 Å². The van der Waals surface area contributed by atoms with Gasteiger partial charge in [-0.1, -0.05) is 31.4 Å². The third-order valence-electron chi connectivity index (χ3n) is 8.05. The van der Waals surface area contributed by atoms with Crippen molar-refractivity contribution in [2.45, 2.75) is 56.9 Å². The molecular formula is C26H36N4O2. The van der Waals surface area contributed by atoms with Crippen molar-refractivity contribution in [2.24, 2.45) is 18.9 Å². The van der Waals surface area contributed by atoms with Gasteiger partial charge >= 0.3 is 0 Å². The number of hydrogen-bond donors (Lipinski definition) is 1. The van der Waals surface area contributed by atoms with Crippen LogP contribution in [0.2, 0.25) is 0 Å². The Bertz CT molecular complexity index is 949. The molecule has 4 heterocycles. The highest BCUT2D eigenvalue weighted by molar-refractivity contribution is 5.78. The number of hydrogen-bond acceptors (Lipinski definition) is 4. The molecule has 6 heteroatoms. The second-order valence-electron chi connectivity index (χ2n) is 9.90. The maximum Gasteiger partial charge on any atom is 0.223 e. The van der Waals surface area contributed by atoms with Crippen molar-refractivity contribution in [3.05, 3.63) is 36.0 Å². The molecule has 32 heavy (non-hydrogen) atoms. The fourth-order valence-electron chi connectivity index (χ4n) is 6.23. The number of aryl methyl sites for hydroxylation is 1. The molecule has 1 amide bonds. The van der Waals surface area contributed by atoms with Crippen LogP contribution in [-0.4, -0.2) is 53.4 Å². The topological polar surface area (TPSA) is 59.4 Å². The predicted molar refractivity (Wildman–Crippen MR) is 126 cm³/mol. The fraction of sp³-hybridized carbons (Fsp3) is 0.615. The number of rotatable bonds is 6. The normalized spacial score (nSPS) is 27.9. The van der Waals surface area contributed by atoms with Crippen LogP contribution < -0.4 is 10.1 Å². The van der Waals surface area contributed by atoms with E-state index in [9.17, 15) is 4.79 Å². The molecule has 6 nitrogen and oxygen atoms in total. The summed E-state index contributed by atoms with van der Waals surface area (Å²) in [4.78, 5) is 15.2. The van der Waals surface area contributed by atoms with Crippen molar-refractivity contribution in [3.63, 3.8) is 0 Å². The van der Waals surface area contributed by atoms with Crippen LogP contribution in [-0.2, 0) is 11.8 Å². The molecule has 0 radical (unpaired) electrons. The maximum absolute atomic E-state index is 12.6. The standard InChI is InChI=1S/C26H36N4O2/c1-29-24(15-23(28-29)21-10-6-7-11-25(21)32-2)22-17-30-13-12-19(22)14-20(30)16-27-26(31)18-8-4-3-5-9-18/h6-7,10-11,15,18-20,22H,3-5,8-9,12-14,16-17H2,1-2H3,(H,27,31). The van der Waals surface area contributed by atoms with Crippen LogP contribution in [0.5, 0.6) is 5.75 Å². The highest BCUT2D eigenvalue weighted by Gasteiger charge is 2.42. The molecule has 2 aromatic rings. The van der Waals surface area contributed by atoms with Crippen LogP contribution in [0.15, 0.2) is 30.3 Å². The minimum atomic E-state index is 0.245. The van der Waals surface area contributed by atoms with Crippen LogP contribution >= 0.6 is 0 Å². The number of carbonyl (C=O) groups excluding carboxylic acids is 1.